The molecule has 4 heteroatoms. The second-order valence-corrected chi connectivity index (χ2v) is 5.97. The quantitative estimate of drug-likeness (QED) is 0.775. The lowest BCUT2D eigenvalue weighted by Gasteiger charge is -2.19. The van der Waals surface area contributed by atoms with E-state index < -0.39 is 0 Å². The number of likely N-dealkylation sites (N-methyl/N-ethyl adjacent to an activating group) is 1. The summed E-state index contributed by atoms with van der Waals surface area (Å²) in [5, 5.41) is 0. The second-order valence-electron chi connectivity index (χ2n) is 5.97. The van der Waals surface area contributed by atoms with Gasteiger partial charge in [-0.1, -0.05) is 12.1 Å². The molecule has 2 rings (SSSR count). The Labute approximate surface area is 127 Å². The largest absolute Gasteiger partial charge is 0.496 e. The number of methoxy groups -OCH3 is 1. The number of hydrogen-bond donors (Lipinski definition) is 0. The van der Waals surface area contributed by atoms with Crippen LogP contribution in [0.4, 0.5) is 0 Å². The summed E-state index contributed by atoms with van der Waals surface area (Å²) in [5.74, 6) is 1.64. The van der Waals surface area contributed by atoms with E-state index >= 15 is 0 Å². The summed E-state index contributed by atoms with van der Waals surface area (Å²) in [7, 11) is 3.50. The fourth-order valence-electron chi connectivity index (χ4n) is 2.52. The molecular weight excluding hydrogens is 266 g/mol. The molecule has 0 heterocycles. The normalized spacial score (nSPS) is 14.1. The lowest BCUT2D eigenvalue weighted by molar-refractivity contribution is -0.135. The summed E-state index contributed by atoms with van der Waals surface area (Å²) in [6.45, 7) is 5.55. The van der Waals surface area contributed by atoms with Crippen molar-refractivity contribution in [3.05, 3.63) is 28.8 Å². The summed E-state index contributed by atoms with van der Waals surface area (Å²) in [4.78, 5) is 13.7. The van der Waals surface area contributed by atoms with Crippen molar-refractivity contribution in [2.45, 2.75) is 33.2 Å². The minimum Gasteiger partial charge on any atom is -0.496 e. The van der Waals surface area contributed by atoms with E-state index in [1.165, 1.54) is 12.8 Å². The first-order valence-electron chi connectivity index (χ1n) is 7.47. The minimum absolute atomic E-state index is 0.0294. The Balaban J connectivity index is 1.88. The van der Waals surface area contributed by atoms with Crippen LogP contribution < -0.4 is 4.74 Å². The molecule has 1 amide bonds. The maximum Gasteiger partial charge on any atom is 0.248 e. The maximum atomic E-state index is 12.0. The van der Waals surface area contributed by atoms with Gasteiger partial charge in [-0.3, -0.25) is 4.79 Å². The van der Waals surface area contributed by atoms with Crippen LogP contribution in [0, 0.1) is 19.8 Å². The van der Waals surface area contributed by atoms with Gasteiger partial charge in [0.2, 0.25) is 5.91 Å². The van der Waals surface area contributed by atoms with Crippen molar-refractivity contribution >= 4 is 5.91 Å². The Hall–Kier alpha value is -1.55. The van der Waals surface area contributed by atoms with Crippen molar-refractivity contribution in [2.75, 3.05) is 27.4 Å². The van der Waals surface area contributed by atoms with Crippen LogP contribution in [0.15, 0.2) is 12.1 Å². The molecule has 0 bridgehead atoms. The zero-order chi connectivity index (χ0) is 15.4. The van der Waals surface area contributed by atoms with E-state index in [9.17, 15) is 4.79 Å². The van der Waals surface area contributed by atoms with E-state index in [1.807, 2.05) is 20.9 Å². The molecule has 0 saturated heterocycles. The van der Waals surface area contributed by atoms with E-state index in [0.717, 1.165) is 29.0 Å². The number of benzene rings is 1. The van der Waals surface area contributed by atoms with Crippen molar-refractivity contribution < 1.29 is 14.3 Å². The van der Waals surface area contributed by atoms with E-state index in [0.29, 0.717) is 12.5 Å². The summed E-state index contributed by atoms with van der Waals surface area (Å²) < 4.78 is 10.8. The van der Waals surface area contributed by atoms with Crippen LogP contribution in [0.25, 0.3) is 0 Å². The Morgan fingerprint density at radius 1 is 1.29 bits per heavy atom. The van der Waals surface area contributed by atoms with E-state index in [1.54, 1.807) is 12.0 Å². The van der Waals surface area contributed by atoms with Gasteiger partial charge in [0, 0.05) is 13.6 Å². The molecule has 1 aliphatic rings. The number of hydrogen-bond acceptors (Lipinski definition) is 3. The van der Waals surface area contributed by atoms with Gasteiger partial charge in [0.1, 0.15) is 12.4 Å². The highest BCUT2D eigenvalue weighted by atomic mass is 16.5. The Kier molecular flexibility index (Phi) is 5.23. The standard InChI is InChI=1S/C17H25NO3/c1-12-7-15(8-13(2)17(12)20-4)9-18(3)16(19)11-21-10-14-5-6-14/h7-8,14H,5-6,9-11H2,1-4H3. The van der Waals surface area contributed by atoms with Gasteiger partial charge in [-0.25, -0.2) is 0 Å². The number of ether oxygens (including phenoxy) is 2. The van der Waals surface area contributed by atoms with Crippen LogP contribution in [-0.2, 0) is 16.1 Å². The predicted molar refractivity (Wildman–Crippen MR) is 82.5 cm³/mol. The van der Waals surface area contributed by atoms with Gasteiger partial charge >= 0.3 is 0 Å². The second kappa shape index (κ2) is 6.94. The Bertz CT molecular complexity index is 486. The fourth-order valence-corrected chi connectivity index (χ4v) is 2.52. The molecule has 0 atom stereocenters. The lowest BCUT2D eigenvalue weighted by atomic mass is 10.1. The Morgan fingerprint density at radius 2 is 1.90 bits per heavy atom. The molecule has 21 heavy (non-hydrogen) atoms. The number of carbonyl (C=O) groups excluding carboxylic acids is 1. The van der Waals surface area contributed by atoms with Gasteiger partial charge in [0.15, 0.2) is 0 Å². The number of aryl methyl sites for hydroxylation is 2. The lowest BCUT2D eigenvalue weighted by Crippen LogP contribution is -2.30. The highest BCUT2D eigenvalue weighted by molar-refractivity contribution is 5.77. The number of rotatable bonds is 7. The summed E-state index contributed by atoms with van der Waals surface area (Å²) in [5.41, 5.74) is 3.31. The number of nitrogens with zero attached hydrogens (tertiary/aromatic N) is 1. The zero-order valence-electron chi connectivity index (χ0n) is 13.4. The van der Waals surface area contributed by atoms with Crippen LogP contribution in [0.2, 0.25) is 0 Å². The van der Waals surface area contributed by atoms with Gasteiger partial charge < -0.3 is 14.4 Å². The van der Waals surface area contributed by atoms with Crippen LogP contribution >= 0.6 is 0 Å². The van der Waals surface area contributed by atoms with Gasteiger partial charge in [-0.15, -0.1) is 0 Å². The summed E-state index contributed by atoms with van der Waals surface area (Å²) in [6, 6.07) is 4.14. The molecule has 0 unspecified atom stereocenters. The van der Waals surface area contributed by atoms with Crippen molar-refractivity contribution in [3.63, 3.8) is 0 Å². The highest BCUT2D eigenvalue weighted by Gasteiger charge is 2.22. The topological polar surface area (TPSA) is 38.8 Å². The molecule has 4 nitrogen and oxygen atoms in total. The van der Waals surface area contributed by atoms with Gasteiger partial charge in [0.05, 0.1) is 13.7 Å². The summed E-state index contributed by atoms with van der Waals surface area (Å²) >= 11 is 0. The smallest absolute Gasteiger partial charge is 0.248 e. The Morgan fingerprint density at radius 3 is 2.43 bits per heavy atom. The van der Waals surface area contributed by atoms with Crippen LogP contribution in [0.1, 0.15) is 29.5 Å². The molecule has 1 aromatic carbocycles. The average molecular weight is 291 g/mol. The molecule has 1 aromatic rings. The average Bonchev–Trinajstić information content (AvgIpc) is 3.22. The van der Waals surface area contributed by atoms with Crippen LogP contribution in [-0.4, -0.2) is 38.2 Å². The molecule has 1 saturated carbocycles. The minimum atomic E-state index is 0.0294. The van der Waals surface area contributed by atoms with Crippen molar-refractivity contribution in [1.82, 2.24) is 4.90 Å². The van der Waals surface area contributed by atoms with Crippen LogP contribution in [0.3, 0.4) is 0 Å². The molecule has 0 N–H and O–H groups in total. The number of amides is 1. The monoisotopic (exact) mass is 291 g/mol. The number of carbonyl (C=O) groups is 1. The van der Waals surface area contributed by atoms with Crippen molar-refractivity contribution in [3.8, 4) is 5.75 Å². The predicted octanol–water partition coefficient (Wildman–Crippen LogP) is 2.70. The maximum absolute atomic E-state index is 12.0. The van der Waals surface area contributed by atoms with Gasteiger partial charge in [-0.2, -0.15) is 0 Å². The molecule has 116 valence electrons. The van der Waals surface area contributed by atoms with Crippen LogP contribution in [0.5, 0.6) is 5.75 Å². The molecule has 0 spiro atoms. The van der Waals surface area contributed by atoms with Crippen molar-refractivity contribution in [2.24, 2.45) is 5.92 Å². The summed E-state index contributed by atoms with van der Waals surface area (Å²) in [6.07, 6.45) is 2.49. The fraction of sp³-hybridized carbons (Fsp3) is 0.588. The van der Waals surface area contributed by atoms with Gasteiger partial charge in [0.25, 0.3) is 0 Å². The molecule has 0 aromatic heterocycles. The first kappa shape index (κ1) is 15.8. The third kappa shape index (κ3) is 4.46. The van der Waals surface area contributed by atoms with E-state index in [2.05, 4.69) is 12.1 Å². The molecule has 1 aliphatic carbocycles. The molecular formula is C17H25NO3. The van der Waals surface area contributed by atoms with E-state index in [-0.39, 0.29) is 12.5 Å². The highest BCUT2D eigenvalue weighted by Crippen LogP contribution is 2.28. The zero-order valence-corrected chi connectivity index (χ0v) is 13.4. The SMILES string of the molecule is COc1c(C)cc(CN(C)C(=O)COCC2CC2)cc1C. The third-order valence-corrected chi connectivity index (χ3v) is 3.85. The van der Waals surface area contributed by atoms with Gasteiger partial charge in [-0.05, 0) is 49.3 Å². The molecule has 0 radical (unpaired) electrons. The first-order valence-corrected chi connectivity index (χ1v) is 7.47. The molecule has 1 fully saturated rings. The third-order valence-electron chi connectivity index (χ3n) is 3.85. The first-order chi connectivity index (χ1) is 10.0. The van der Waals surface area contributed by atoms with E-state index in [4.69, 9.17) is 9.47 Å². The van der Waals surface area contributed by atoms with Crippen molar-refractivity contribution in [1.29, 1.82) is 0 Å². The molecule has 0 aliphatic heterocycles.